The molecule has 0 saturated heterocycles. The van der Waals surface area contributed by atoms with E-state index in [0.29, 0.717) is 21.6 Å². The Balaban J connectivity index is 2.02. The van der Waals surface area contributed by atoms with E-state index in [-0.39, 0.29) is 17.7 Å². The predicted molar refractivity (Wildman–Crippen MR) is 84.8 cm³/mol. The van der Waals surface area contributed by atoms with Gasteiger partial charge in [0, 0.05) is 0 Å². The number of aromatic carboxylic acids is 1. The molecule has 0 aliphatic carbocycles. The molecule has 1 N–H and O–H groups in total. The highest BCUT2D eigenvalue weighted by Crippen LogP contribution is 2.13. The number of aromatic nitrogens is 2. The molecule has 110 valence electrons. The van der Waals surface area contributed by atoms with Gasteiger partial charge in [0.1, 0.15) is 12.4 Å². The first-order chi connectivity index (χ1) is 9.99. The lowest BCUT2D eigenvalue weighted by molar-refractivity contribution is 0.0696. The van der Waals surface area contributed by atoms with Gasteiger partial charge in [0.25, 0.3) is 5.56 Å². The molecule has 0 aliphatic rings. The van der Waals surface area contributed by atoms with Gasteiger partial charge in [-0.25, -0.2) is 9.78 Å². The summed E-state index contributed by atoms with van der Waals surface area (Å²) in [7, 11) is 0. The van der Waals surface area contributed by atoms with Crippen molar-refractivity contribution in [3.05, 3.63) is 55.8 Å². The number of hydrogen-bond acceptors (Lipinski definition) is 4. The van der Waals surface area contributed by atoms with Gasteiger partial charge in [-0.15, -0.1) is 0 Å². The van der Waals surface area contributed by atoms with Crippen molar-refractivity contribution in [2.24, 2.45) is 0 Å². The van der Waals surface area contributed by atoms with E-state index in [4.69, 9.17) is 9.84 Å². The van der Waals surface area contributed by atoms with Crippen LogP contribution in [0.25, 0.3) is 0 Å². The van der Waals surface area contributed by atoms with E-state index in [0.717, 1.165) is 0 Å². The fourth-order valence-electron chi connectivity index (χ4n) is 1.69. The molecule has 0 unspecified atom stereocenters. The van der Waals surface area contributed by atoms with Crippen molar-refractivity contribution in [1.29, 1.82) is 0 Å². The second kappa shape index (κ2) is 6.70. The van der Waals surface area contributed by atoms with Crippen molar-refractivity contribution >= 4 is 28.6 Å². The van der Waals surface area contributed by atoms with Crippen LogP contribution >= 0.6 is 22.6 Å². The average Bonchev–Trinajstić information content (AvgIpc) is 2.47. The van der Waals surface area contributed by atoms with Crippen LogP contribution in [0.2, 0.25) is 0 Å². The quantitative estimate of drug-likeness (QED) is 0.776. The summed E-state index contributed by atoms with van der Waals surface area (Å²) in [6.07, 6.45) is 1.48. The number of hydrogen-bond donors (Lipinski definition) is 1. The zero-order chi connectivity index (χ0) is 15.4. The number of ether oxygens (including phenoxy) is 1. The Morgan fingerprint density at radius 3 is 2.95 bits per heavy atom. The van der Waals surface area contributed by atoms with Gasteiger partial charge in [0.15, 0.2) is 0 Å². The van der Waals surface area contributed by atoms with Crippen LogP contribution in [0.1, 0.15) is 16.1 Å². The Bertz CT molecular complexity index is 727. The second-order valence-electron chi connectivity index (χ2n) is 4.32. The maximum Gasteiger partial charge on any atom is 0.335 e. The maximum absolute atomic E-state index is 12.0. The normalized spacial score (nSPS) is 10.4. The van der Waals surface area contributed by atoms with Gasteiger partial charge >= 0.3 is 5.97 Å². The van der Waals surface area contributed by atoms with Gasteiger partial charge in [-0.2, -0.15) is 0 Å². The number of carboxylic acids is 1. The fourth-order valence-corrected chi connectivity index (χ4v) is 2.14. The van der Waals surface area contributed by atoms with Crippen LogP contribution in [-0.2, 0) is 6.54 Å². The maximum atomic E-state index is 12.0. The van der Waals surface area contributed by atoms with Crippen LogP contribution in [0, 0.1) is 10.5 Å². The molecule has 1 aromatic carbocycles. The first-order valence-electron chi connectivity index (χ1n) is 6.16. The smallest absolute Gasteiger partial charge is 0.335 e. The molecular formula is C14H13IN2O4. The third kappa shape index (κ3) is 3.81. The summed E-state index contributed by atoms with van der Waals surface area (Å²) in [4.78, 5) is 26.9. The minimum absolute atomic E-state index is 0.106. The van der Waals surface area contributed by atoms with Crippen molar-refractivity contribution in [2.45, 2.75) is 13.5 Å². The number of nitrogens with zero attached hydrogens (tertiary/aromatic N) is 2. The van der Waals surface area contributed by atoms with E-state index in [9.17, 15) is 9.59 Å². The Hall–Kier alpha value is -1.90. The van der Waals surface area contributed by atoms with Crippen LogP contribution in [0.4, 0.5) is 0 Å². The number of carboxylic acid groups (broad SMARTS) is 1. The number of halogens is 1. The van der Waals surface area contributed by atoms with Crippen molar-refractivity contribution in [3.8, 4) is 5.75 Å². The van der Waals surface area contributed by atoms with Gasteiger partial charge in [-0.05, 0) is 47.7 Å². The predicted octanol–water partition coefficient (Wildman–Crippen LogP) is 1.93. The molecule has 0 spiro atoms. The summed E-state index contributed by atoms with van der Waals surface area (Å²) in [5, 5.41) is 8.90. The molecule has 21 heavy (non-hydrogen) atoms. The van der Waals surface area contributed by atoms with E-state index in [1.165, 1.54) is 23.0 Å². The molecule has 0 atom stereocenters. The molecule has 0 aliphatic heterocycles. The SMILES string of the molecule is Cc1ncn(CCOc2cccc(C(=O)O)c2)c(=O)c1I. The summed E-state index contributed by atoms with van der Waals surface area (Å²) in [5.41, 5.74) is 0.758. The molecular weight excluding hydrogens is 387 g/mol. The first kappa shape index (κ1) is 15.5. The van der Waals surface area contributed by atoms with E-state index >= 15 is 0 Å². The zero-order valence-electron chi connectivity index (χ0n) is 11.2. The number of rotatable bonds is 5. The minimum Gasteiger partial charge on any atom is -0.492 e. The van der Waals surface area contributed by atoms with Crippen LogP contribution < -0.4 is 10.3 Å². The van der Waals surface area contributed by atoms with Gasteiger partial charge in [0.05, 0.1) is 27.7 Å². The lowest BCUT2D eigenvalue weighted by atomic mass is 10.2. The van der Waals surface area contributed by atoms with Crippen LogP contribution in [0.3, 0.4) is 0 Å². The molecule has 0 saturated carbocycles. The fraction of sp³-hybridized carbons (Fsp3) is 0.214. The Morgan fingerprint density at radius 2 is 2.24 bits per heavy atom. The molecule has 2 rings (SSSR count). The molecule has 0 amide bonds. The summed E-state index contributed by atoms with van der Waals surface area (Å²) >= 11 is 1.97. The van der Waals surface area contributed by atoms with E-state index < -0.39 is 5.97 Å². The standard InChI is InChI=1S/C14H13IN2O4/c1-9-12(15)13(18)17(8-16-9)5-6-21-11-4-2-3-10(7-11)14(19)20/h2-4,7-8H,5-6H2,1H3,(H,19,20). The highest BCUT2D eigenvalue weighted by molar-refractivity contribution is 14.1. The third-order valence-electron chi connectivity index (χ3n) is 2.84. The number of benzene rings is 1. The summed E-state index contributed by atoms with van der Waals surface area (Å²) in [5.74, 6) is -0.549. The number of carbonyl (C=O) groups is 1. The second-order valence-corrected chi connectivity index (χ2v) is 5.40. The summed E-state index contributed by atoms with van der Waals surface area (Å²) in [6, 6.07) is 6.22. The summed E-state index contributed by atoms with van der Waals surface area (Å²) in [6.45, 7) is 2.38. The highest BCUT2D eigenvalue weighted by atomic mass is 127. The van der Waals surface area contributed by atoms with Crippen LogP contribution in [-0.4, -0.2) is 27.2 Å². The highest BCUT2D eigenvalue weighted by Gasteiger charge is 2.06. The molecule has 7 heteroatoms. The van der Waals surface area contributed by atoms with E-state index in [1.807, 2.05) is 22.6 Å². The minimum atomic E-state index is -1.01. The molecule has 0 bridgehead atoms. The van der Waals surface area contributed by atoms with E-state index in [2.05, 4.69) is 4.98 Å². The van der Waals surface area contributed by atoms with Gasteiger partial charge in [-0.3, -0.25) is 9.36 Å². The largest absolute Gasteiger partial charge is 0.492 e. The van der Waals surface area contributed by atoms with Crippen LogP contribution in [0.5, 0.6) is 5.75 Å². The Kier molecular flexibility index (Phi) is 4.94. The topological polar surface area (TPSA) is 81.4 Å². The molecule has 1 heterocycles. The molecule has 0 radical (unpaired) electrons. The first-order valence-corrected chi connectivity index (χ1v) is 7.24. The van der Waals surface area contributed by atoms with Gasteiger partial charge in [0.2, 0.25) is 0 Å². The van der Waals surface area contributed by atoms with Crippen molar-refractivity contribution in [1.82, 2.24) is 9.55 Å². The Morgan fingerprint density at radius 1 is 1.48 bits per heavy atom. The van der Waals surface area contributed by atoms with Crippen LogP contribution in [0.15, 0.2) is 35.4 Å². The van der Waals surface area contributed by atoms with Crippen molar-refractivity contribution < 1.29 is 14.6 Å². The monoisotopic (exact) mass is 400 g/mol. The molecule has 1 aromatic heterocycles. The van der Waals surface area contributed by atoms with Gasteiger partial charge < -0.3 is 9.84 Å². The number of aryl methyl sites for hydroxylation is 1. The third-order valence-corrected chi connectivity index (χ3v) is 4.08. The molecule has 6 nitrogen and oxygen atoms in total. The lowest BCUT2D eigenvalue weighted by Crippen LogP contribution is -2.26. The van der Waals surface area contributed by atoms with Crippen molar-refractivity contribution in [3.63, 3.8) is 0 Å². The molecule has 0 fully saturated rings. The summed E-state index contributed by atoms with van der Waals surface area (Å²) < 4.78 is 7.53. The Labute approximate surface area is 134 Å². The molecule has 2 aromatic rings. The zero-order valence-corrected chi connectivity index (χ0v) is 13.4. The lowest BCUT2D eigenvalue weighted by Gasteiger charge is -2.09. The van der Waals surface area contributed by atoms with Crippen molar-refractivity contribution in [2.75, 3.05) is 6.61 Å². The van der Waals surface area contributed by atoms with Gasteiger partial charge in [-0.1, -0.05) is 6.07 Å². The average molecular weight is 400 g/mol. The van der Waals surface area contributed by atoms with E-state index in [1.54, 1.807) is 19.1 Å².